The smallest absolute Gasteiger partial charge is 0.338 e. The van der Waals surface area contributed by atoms with Gasteiger partial charge in [-0.3, -0.25) is 4.57 Å². The third-order valence-corrected chi connectivity index (χ3v) is 5.75. The number of allylic oxidation sites excluding steroid dienone is 1. The van der Waals surface area contributed by atoms with Crippen molar-refractivity contribution in [3.05, 3.63) is 65.4 Å². The molecular formula is C22H23N3O3S. The Morgan fingerprint density at radius 2 is 1.93 bits per heavy atom. The highest BCUT2D eigenvalue weighted by Gasteiger charge is 2.34. The van der Waals surface area contributed by atoms with Crippen molar-refractivity contribution in [3.8, 4) is 0 Å². The van der Waals surface area contributed by atoms with Crippen molar-refractivity contribution in [2.45, 2.75) is 17.9 Å². The van der Waals surface area contributed by atoms with Crippen LogP contribution >= 0.6 is 11.8 Å². The molecular weight excluding hydrogens is 386 g/mol. The van der Waals surface area contributed by atoms with Crippen LogP contribution in [0, 0.1) is 0 Å². The molecule has 0 spiro atoms. The van der Waals surface area contributed by atoms with Gasteiger partial charge < -0.3 is 14.8 Å². The number of carbonyl (C=O) groups is 1. The van der Waals surface area contributed by atoms with Gasteiger partial charge in [0.1, 0.15) is 6.61 Å². The van der Waals surface area contributed by atoms with Gasteiger partial charge >= 0.3 is 5.97 Å². The van der Waals surface area contributed by atoms with Crippen LogP contribution in [0.15, 0.2) is 64.7 Å². The molecule has 29 heavy (non-hydrogen) atoms. The van der Waals surface area contributed by atoms with Gasteiger partial charge in [0.05, 0.1) is 29.3 Å². The number of para-hydroxylation sites is 2. The summed E-state index contributed by atoms with van der Waals surface area (Å²) in [5, 5.41) is 3.29. The van der Waals surface area contributed by atoms with Gasteiger partial charge in [0.15, 0.2) is 0 Å². The fraction of sp³-hybridized carbons (Fsp3) is 0.273. The molecule has 150 valence electrons. The zero-order valence-electron chi connectivity index (χ0n) is 16.6. The van der Waals surface area contributed by atoms with E-state index in [1.807, 2.05) is 37.4 Å². The van der Waals surface area contributed by atoms with Gasteiger partial charge in [-0.25, -0.2) is 9.78 Å². The molecule has 0 saturated heterocycles. The number of hydrogen-bond acceptors (Lipinski definition) is 6. The molecule has 0 radical (unpaired) electrons. The van der Waals surface area contributed by atoms with E-state index in [1.165, 1.54) is 4.90 Å². The SMILES string of the molecule is COCCOC(=O)C1=C(C)Nc2nc3ccccc3n2[C@H]1c1ccc(SC)cc1. The highest BCUT2D eigenvalue weighted by Crippen LogP contribution is 2.39. The van der Waals surface area contributed by atoms with E-state index in [0.29, 0.717) is 12.2 Å². The number of methoxy groups -OCH3 is 1. The average molecular weight is 410 g/mol. The molecule has 2 aromatic carbocycles. The summed E-state index contributed by atoms with van der Waals surface area (Å²) in [4.78, 5) is 18.9. The number of esters is 1. The van der Waals surface area contributed by atoms with Crippen LogP contribution in [0.5, 0.6) is 0 Å². The van der Waals surface area contributed by atoms with Crippen LogP contribution in [0.25, 0.3) is 11.0 Å². The van der Waals surface area contributed by atoms with Gasteiger partial charge in [-0.1, -0.05) is 24.3 Å². The molecule has 1 atom stereocenters. The van der Waals surface area contributed by atoms with Crippen LogP contribution in [0.3, 0.4) is 0 Å². The van der Waals surface area contributed by atoms with E-state index < -0.39 is 0 Å². The van der Waals surface area contributed by atoms with E-state index in [0.717, 1.165) is 28.2 Å². The summed E-state index contributed by atoms with van der Waals surface area (Å²) >= 11 is 1.69. The Morgan fingerprint density at radius 1 is 1.17 bits per heavy atom. The number of aromatic nitrogens is 2. The second-order valence-corrected chi connectivity index (χ2v) is 7.64. The Bertz CT molecular complexity index is 1070. The molecule has 3 aromatic rings. The van der Waals surface area contributed by atoms with Crippen LogP contribution < -0.4 is 5.32 Å². The minimum atomic E-state index is -0.352. The first-order valence-electron chi connectivity index (χ1n) is 9.38. The van der Waals surface area contributed by atoms with Gasteiger partial charge in [-0.15, -0.1) is 11.8 Å². The van der Waals surface area contributed by atoms with Gasteiger partial charge in [-0.05, 0) is 43.0 Å². The molecule has 4 rings (SSSR count). The number of ether oxygens (including phenoxy) is 2. The predicted molar refractivity (Wildman–Crippen MR) is 115 cm³/mol. The van der Waals surface area contributed by atoms with E-state index in [9.17, 15) is 4.79 Å². The van der Waals surface area contributed by atoms with Gasteiger partial charge in [0, 0.05) is 17.7 Å². The summed E-state index contributed by atoms with van der Waals surface area (Å²) in [7, 11) is 1.58. The second-order valence-electron chi connectivity index (χ2n) is 6.76. The number of carbonyl (C=O) groups excluding carboxylic acids is 1. The molecule has 7 heteroatoms. The third-order valence-electron chi connectivity index (χ3n) is 5.00. The zero-order chi connectivity index (χ0) is 20.4. The van der Waals surface area contributed by atoms with E-state index in [2.05, 4.69) is 34.1 Å². The van der Waals surface area contributed by atoms with Crippen molar-refractivity contribution in [3.63, 3.8) is 0 Å². The van der Waals surface area contributed by atoms with Gasteiger partial charge in [0.25, 0.3) is 0 Å². The summed E-state index contributed by atoms with van der Waals surface area (Å²) < 4.78 is 12.6. The van der Waals surface area contributed by atoms with Crippen LogP contribution in [0.1, 0.15) is 18.5 Å². The molecule has 0 amide bonds. The lowest BCUT2D eigenvalue weighted by molar-refractivity contribution is -0.140. The van der Waals surface area contributed by atoms with Crippen molar-refractivity contribution in [1.82, 2.24) is 9.55 Å². The second kappa shape index (κ2) is 8.31. The Kier molecular flexibility index (Phi) is 5.60. The van der Waals surface area contributed by atoms with Crippen LogP contribution in [0.4, 0.5) is 5.95 Å². The Morgan fingerprint density at radius 3 is 2.66 bits per heavy atom. The summed E-state index contributed by atoms with van der Waals surface area (Å²) in [5.41, 5.74) is 4.17. The lowest BCUT2D eigenvalue weighted by Crippen LogP contribution is -2.29. The van der Waals surface area contributed by atoms with Crippen molar-refractivity contribution in [2.75, 3.05) is 31.9 Å². The highest BCUT2D eigenvalue weighted by atomic mass is 32.2. The monoisotopic (exact) mass is 409 g/mol. The number of hydrogen-bond donors (Lipinski definition) is 1. The Balaban J connectivity index is 1.85. The Hall–Kier alpha value is -2.77. The Labute approximate surface area is 173 Å². The number of nitrogens with zero attached hydrogens (tertiary/aromatic N) is 2. The first kappa shape index (κ1) is 19.5. The minimum absolute atomic E-state index is 0.210. The lowest BCUT2D eigenvalue weighted by Gasteiger charge is -2.30. The predicted octanol–water partition coefficient (Wildman–Crippen LogP) is 4.24. The maximum Gasteiger partial charge on any atom is 0.338 e. The number of nitrogens with one attached hydrogen (secondary N) is 1. The maximum atomic E-state index is 13.0. The molecule has 0 unspecified atom stereocenters. The first-order valence-corrected chi connectivity index (χ1v) is 10.6. The molecule has 1 aliphatic heterocycles. The molecule has 2 heterocycles. The zero-order valence-corrected chi connectivity index (χ0v) is 17.5. The minimum Gasteiger partial charge on any atom is -0.460 e. The topological polar surface area (TPSA) is 65.4 Å². The molecule has 0 fully saturated rings. The lowest BCUT2D eigenvalue weighted by atomic mass is 9.95. The quantitative estimate of drug-likeness (QED) is 0.373. The number of thioether (sulfide) groups is 1. The highest BCUT2D eigenvalue weighted by molar-refractivity contribution is 7.98. The molecule has 0 aliphatic carbocycles. The molecule has 0 saturated carbocycles. The van der Waals surface area contributed by atoms with Crippen LogP contribution in [0.2, 0.25) is 0 Å². The van der Waals surface area contributed by atoms with Crippen molar-refractivity contribution in [2.24, 2.45) is 0 Å². The standard InChI is InChI=1S/C22H23N3O3S/c1-14-19(21(26)28-13-12-27-2)20(15-8-10-16(29-3)11-9-15)25-18-7-5-4-6-17(18)24-22(25)23-14/h4-11,20H,12-13H2,1-3H3,(H,23,24)/t20-/m0/s1. The fourth-order valence-electron chi connectivity index (χ4n) is 3.63. The van der Waals surface area contributed by atoms with E-state index in [-0.39, 0.29) is 18.6 Å². The third kappa shape index (κ3) is 3.63. The van der Waals surface area contributed by atoms with Crippen molar-refractivity contribution >= 4 is 34.7 Å². The fourth-order valence-corrected chi connectivity index (χ4v) is 4.03. The van der Waals surface area contributed by atoms with Crippen molar-refractivity contribution in [1.29, 1.82) is 0 Å². The number of rotatable bonds is 6. The maximum absolute atomic E-state index is 13.0. The van der Waals surface area contributed by atoms with Crippen molar-refractivity contribution < 1.29 is 14.3 Å². The molecule has 1 aliphatic rings. The van der Waals surface area contributed by atoms with E-state index in [4.69, 9.17) is 14.5 Å². The molecule has 1 N–H and O–H groups in total. The summed E-state index contributed by atoms with van der Waals surface area (Å²) in [6, 6.07) is 15.9. The average Bonchev–Trinajstić information content (AvgIpc) is 3.10. The number of anilines is 1. The first-order chi connectivity index (χ1) is 14.1. The van der Waals surface area contributed by atoms with Crippen LogP contribution in [-0.2, 0) is 14.3 Å². The summed E-state index contributed by atoms with van der Waals surface area (Å²) in [6.45, 7) is 2.46. The number of fused-ring (bicyclic) bond motifs is 3. The number of benzene rings is 2. The molecule has 6 nitrogen and oxygen atoms in total. The normalized spacial score (nSPS) is 15.9. The van der Waals surface area contributed by atoms with Crippen LogP contribution in [-0.4, -0.2) is 42.1 Å². The van der Waals surface area contributed by atoms with E-state index >= 15 is 0 Å². The van der Waals surface area contributed by atoms with E-state index in [1.54, 1.807) is 18.9 Å². The molecule has 1 aromatic heterocycles. The summed E-state index contributed by atoms with van der Waals surface area (Å²) in [6.07, 6.45) is 2.05. The number of imidazole rings is 1. The largest absolute Gasteiger partial charge is 0.460 e. The van der Waals surface area contributed by atoms with Gasteiger partial charge in [-0.2, -0.15) is 0 Å². The molecule has 0 bridgehead atoms. The van der Waals surface area contributed by atoms with Gasteiger partial charge in [0.2, 0.25) is 5.95 Å². The summed E-state index contributed by atoms with van der Waals surface area (Å²) in [5.74, 6) is 0.366.